The minimum Gasteiger partial charge on any atom is -0.492 e. The highest BCUT2D eigenvalue weighted by molar-refractivity contribution is 9.11. The summed E-state index contributed by atoms with van der Waals surface area (Å²) in [5.74, 6) is 1.67. The first-order valence-electron chi connectivity index (χ1n) is 7.65. The molecule has 0 heterocycles. The fourth-order valence-electron chi connectivity index (χ4n) is 1.88. The van der Waals surface area contributed by atoms with Crippen LogP contribution < -0.4 is 9.47 Å². The summed E-state index contributed by atoms with van der Waals surface area (Å²) in [4.78, 5) is 0. The summed E-state index contributed by atoms with van der Waals surface area (Å²) in [6.07, 6.45) is 10.2. The highest BCUT2D eigenvalue weighted by Crippen LogP contribution is 2.36. The molecule has 122 valence electrons. The van der Waals surface area contributed by atoms with Gasteiger partial charge in [0.15, 0.2) is 0 Å². The zero-order valence-electron chi connectivity index (χ0n) is 13.0. The lowest BCUT2D eigenvalue weighted by Gasteiger charge is -2.13. The first kappa shape index (κ1) is 19.3. The average molecular weight is 432 g/mol. The number of hydrogen-bond acceptors (Lipinski definition) is 2. The molecule has 1 aromatic rings. The maximum Gasteiger partial charge on any atom is 0.134 e. The summed E-state index contributed by atoms with van der Waals surface area (Å²) in [7, 11) is 0. The van der Waals surface area contributed by atoms with Gasteiger partial charge in [-0.2, -0.15) is 0 Å². The standard InChI is InChI=1S/C18H24Br2O2/c1-3-5-7-9-11-21-17-13-16(20)18(14-15(17)19)22-12-10-8-6-4-2/h3-4,13-14H,1-2,5-12H2. The van der Waals surface area contributed by atoms with Crippen LogP contribution in [0.3, 0.4) is 0 Å². The maximum atomic E-state index is 5.80. The van der Waals surface area contributed by atoms with E-state index in [1.165, 1.54) is 0 Å². The molecule has 0 spiro atoms. The van der Waals surface area contributed by atoms with Gasteiger partial charge < -0.3 is 9.47 Å². The minimum atomic E-state index is 0.709. The fraction of sp³-hybridized carbons (Fsp3) is 0.444. The number of rotatable bonds is 12. The maximum absolute atomic E-state index is 5.80. The molecule has 0 aliphatic rings. The van der Waals surface area contributed by atoms with E-state index in [4.69, 9.17) is 9.47 Å². The molecule has 2 nitrogen and oxygen atoms in total. The van der Waals surface area contributed by atoms with Crippen LogP contribution in [0.15, 0.2) is 46.4 Å². The van der Waals surface area contributed by atoms with E-state index in [2.05, 4.69) is 45.0 Å². The number of hydrogen-bond donors (Lipinski definition) is 0. The first-order chi connectivity index (χ1) is 10.7. The lowest BCUT2D eigenvalue weighted by atomic mass is 10.2. The second kappa shape index (κ2) is 11.8. The van der Waals surface area contributed by atoms with Crippen LogP contribution >= 0.6 is 31.9 Å². The molecule has 0 atom stereocenters. The van der Waals surface area contributed by atoms with Crippen molar-refractivity contribution in [3.8, 4) is 11.5 Å². The monoisotopic (exact) mass is 430 g/mol. The predicted molar refractivity (Wildman–Crippen MR) is 101 cm³/mol. The topological polar surface area (TPSA) is 18.5 Å². The molecule has 0 fully saturated rings. The zero-order valence-corrected chi connectivity index (χ0v) is 16.1. The van der Waals surface area contributed by atoms with Crippen LogP contribution in [0, 0.1) is 0 Å². The number of unbranched alkanes of at least 4 members (excludes halogenated alkanes) is 4. The molecule has 22 heavy (non-hydrogen) atoms. The lowest BCUT2D eigenvalue weighted by Crippen LogP contribution is -2.00. The summed E-state index contributed by atoms with van der Waals surface area (Å²) >= 11 is 7.09. The minimum absolute atomic E-state index is 0.709. The van der Waals surface area contributed by atoms with E-state index in [1.54, 1.807) is 0 Å². The Kier molecular flexibility index (Phi) is 10.3. The van der Waals surface area contributed by atoms with Gasteiger partial charge in [-0.05, 0) is 82.5 Å². The van der Waals surface area contributed by atoms with Gasteiger partial charge in [-0.25, -0.2) is 0 Å². The number of allylic oxidation sites excluding steroid dienone is 2. The van der Waals surface area contributed by atoms with Crippen LogP contribution in [0.1, 0.15) is 38.5 Å². The Morgan fingerprint density at radius 1 is 0.773 bits per heavy atom. The van der Waals surface area contributed by atoms with Gasteiger partial charge in [0.2, 0.25) is 0 Å². The van der Waals surface area contributed by atoms with E-state index in [1.807, 2.05) is 24.3 Å². The van der Waals surface area contributed by atoms with E-state index in [9.17, 15) is 0 Å². The highest BCUT2D eigenvalue weighted by Gasteiger charge is 2.09. The summed E-state index contributed by atoms with van der Waals surface area (Å²) in [6, 6.07) is 3.91. The largest absolute Gasteiger partial charge is 0.492 e. The van der Waals surface area contributed by atoms with Crippen molar-refractivity contribution in [2.75, 3.05) is 13.2 Å². The van der Waals surface area contributed by atoms with Crippen LogP contribution in [0.5, 0.6) is 11.5 Å². The van der Waals surface area contributed by atoms with Gasteiger partial charge in [0.05, 0.1) is 22.2 Å². The summed E-state index contributed by atoms with van der Waals surface area (Å²) in [6.45, 7) is 8.86. The Labute approximate surface area is 150 Å². The molecule has 0 saturated carbocycles. The van der Waals surface area contributed by atoms with E-state index >= 15 is 0 Å². The Bertz CT molecular complexity index is 429. The van der Waals surface area contributed by atoms with Crippen molar-refractivity contribution in [3.63, 3.8) is 0 Å². The van der Waals surface area contributed by atoms with Crippen molar-refractivity contribution >= 4 is 31.9 Å². The molecular formula is C18H24Br2O2. The Balaban J connectivity index is 2.45. The third-order valence-electron chi connectivity index (χ3n) is 3.11. The number of benzene rings is 1. The van der Waals surface area contributed by atoms with Crippen molar-refractivity contribution in [2.24, 2.45) is 0 Å². The Morgan fingerprint density at radius 3 is 1.55 bits per heavy atom. The normalized spacial score (nSPS) is 10.3. The van der Waals surface area contributed by atoms with Gasteiger partial charge in [0, 0.05) is 0 Å². The number of halogens is 2. The van der Waals surface area contributed by atoms with E-state index in [-0.39, 0.29) is 0 Å². The van der Waals surface area contributed by atoms with Crippen molar-refractivity contribution in [1.29, 1.82) is 0 Å². The van der Waals surface area contributed by atoms with Crippen LogP contribution in [0.2, 0.25) is 0 Å². The van der Waals surface area contributed by atoms with Crippen molar-refractivity contribution in [3.05, 3.63) is 46.4 Å². The van der Waals surface area contributed by atoms with Gasteiger partial charge in [-0.15, -0.1) is 13.2 Å². The van der Waals surface area contributed by atoms with Gasteiger partial charge in [-0.1, -0.05) is 12.2 Å². The molecule has 1 aromatic carbocycles. The molecule has 0 aliphatic carbocycles. The molecule has 0 radical (unpaired) electrons. The Hall–Kier alpha value is -0.740. The fourth-order valence-corrected chi connectivity index (χ4v) is 2.75. The quantitative estimate of drug-likeness (QED) is 0.271. The summed E-state index contributed by atoms with van der Waals surface area (Å²) in [5, 5.41) is 0. The van der Waals surface area contributed by atoms with Gasteiger partial charge in [0.25, 0.3) is 0 Å². The third-order valence-corrected chi connectivity index (χ3v) is 4.35. The molecule has 0 amide bonds. The molecular weight excluding hydrogens is 408 g/mol. The molecule has 0 aromatic heterocycles. The van der Waals surface area contributed by atoms with Crippen molar-refractivity contribution < 1.29 is 9.47 Å². The molecule has 0 aliphatic heterocycles. The first-order valence-corrected chi connectivity index (χ1v) is 9.24. The molecule has 0 bridgehead atoms. The van der Waals surface area contributed by atoms with Crippen LogP contribution in [0.25, 0.3) is 0 Å². The van der Waals surface area contributed by atoms with Gasteiger partial charge in [0.1, 0.15) is 11.5 Å². The molecule has 0 N–H and O–H groups in total. The van der Waals surface area contributed by atoms with Crippen LogP contribution in [-0.2, 0) is 0 Å². The predicted octanol–water partition coefficient (Wildman–Crippen LogP) is 6.68. The summed E-state index contributed by atoms with van der Waals surface area (Å²) in [5.41, 5.74) is 0. The van der Waals surface area contributed by atoms with Gasteiger partial charge >= 0.3 is 0 Å². The molecule has 0 unspecified atom stereocenters. The third kappa shape index (κ3) is 7.50. The second-order valence-electron chi connectivity index (χ2n) is 4.98. The highest BCUT2D eigenvalue weighted by atomic mass is 79.9. The van der Waals surface area contributed by atoms with Crippen LogP contribution in [0.4, 0.5) is 0 Å². The second-order valence-corrected chi connectivity index (χ2v) is 6.69. The lowest BCUT2D eigenvalue weighted by molar-refractivity contribution is 0.296. The van der Waals surface area contributed by atoms with Gasteiger partial charge in [-0.3, -0.25) is 0 Å². The summed E-state index contributed by atoms with van der Waals surface area (Å²) < 4.78 is 13.4. The van der Waals surface area contributed by atoms with E-state index in [0.29, 0.717) is 13.2 Å². The van der Waals surface area contributed by atoms with Crippen LogP contribution in [-0.4, -0.2) is 13.2 Å². The zero-order chi connectivity index (χ0) is 16.2. The average Bonchev–Trinajstić information content (AvgIpc) is 2.51. The van der Waals surface area contributed by atoms with E-state index in [0.717, 1.165) is 59.0 Å². The SMILES string of the molecule is C=CCCCCOc1cc(Br)c(OCCCCC=C)cc1Br. The van der Waals surface area contributed by atoms with E-state index < -0.39 is 0 Å². The van der Waals surface area contributed by atoms with Crippen molar-refractivity contribution in [2.45, 2.75) is 38.5 Å². The molecule has 1 rings (SSSR count). The molecule has 4 heteroatoms. The molecule has 0 saturated heterocycles. The number of ether oxygens (including phenoxy) is 2. The Morgan fingerprint density at radius 2 is 1.18 bits per heavy atom. The van der Waals surface area contributed by atoms with Crippen molar-refractivity contribution in [1.82, 2.24) is 0 Å². The smallest absolute Gasteiger partial charge is 0.134 e.